The van der Waals surface area contributed by atoms with Crippen LogP contribution in [0.2, 0.25) is 0 Å². The number of nitrogens with zero attached hydrogens (tertiary/aromatic N) is 1. The van der Waals surface area contributed by atoms with Gasteiger partial charge in [0.15, 0.2) is 4.90 Å². The van der Waals surface area contributed by atoms with Crippen molar-refractivity contribution in [3.05, 3.63) is 29.6 Å². The molecule has 0 bridgehead atoms. The van der Waals surface area contributed by atoms with Gasteiger partial charge in [0.05, 0.1) is 0 Å². The monoisotopic (exact) mass is 358 g/mol. The Morgan fingerprint density at radius 2 is 1.77 bits per heavy atom. The molecule has 126 valence electrons. The van der Waals surface area contributed by atoms with Crippen molar-refractivity contribution >= 4 is 22.4 Å². The minimum Gasteiger partial charge on any atom is -0.330 e. The average Bonchev–Trinajstić information content (AvgIpc) is 2.37. The van der Waals surface area contributed by atoms with Gasteiger partial charge in [0.1, 0.15) is 17.5 Å². The summed E-state index contributed by atoms with van der Waals surface area (Å²) in [5.41, 5.74) is 5.46. The third-order valence-corrected chi connectivity index (χ3v) is 5.61. The van der Waals surface area contributed by atoms with Crippen LogP contribution in [0.25, 0.3) is 0 Å². The number of rotatable bonds is 4. The molecule has 1 saturated heterocycles. The van der Waals surface area contributed by atoms with Crippen LogP contribution in [0, 0.1) is 17.5 Å². The molecule has 0 amide bonds. The molecule has 0 saturated carbocycles. The Morgan fingerprint density at radius 1 is 1.18 bits per heavy atom. The van der Waals surface area contributed by atoms with Gasteiger partial charge in [0.2, 0.25) is 10.0 Å². The van der Waals surface area contributed by atoms with Gasteiger partial charge in [-0.25, -0.2) is 21.6 Å². The Hall–Kier alpha value is -0.830. The molecule has 2 rings (SSSR count). The lowest BCUT2D eigenvalue weighted by Crippen LogP contribution is -2.45. The molecule has 0 aromatic heterocycles. The van der Waals surface area contributed by atoms with Crippen molar-refractivity contribution in [2.75, 3.05) is 13.1 Å². The van der Waals surface area contributed by atoms with Crippen molar-refractivity contribution in [3.63, 3.8) is 0 Å². The molecule has 0 aliphatic carbocycles. The predicted molar refractivity (Wildman–Crippen MR) is 78.8 cm³/mol. The maximum atomic E-state index is 13.8. The van der Waals surface area contributed by atoms with Crippen LogP contribution in [0.4, 0.5) is 13.2 Å². The van der Waals surface area contributed by atoms with Gasteiger partial charge in [-0.15, -0.1) is 12.4 Å². The fourth-order valence-electron chi connectivity index (χ4n) is 2.66. The van der Waals surface area contributed by atoms with Gasteiger partial charge in [0, 0.05) is 24.7 Å². The highest BCUT2D eigenvalue weighted by atomic mass is 35.5. The van der Waals surface area contributed by atoms with E-state index in [9.17, 15) is 21.6 Å². The minimum absolute atomic E-state index is 0. The van der Waals surface area contributed by atoms with Gasteiger partial charge < -0.3 is 5.73 Å². The summed E-state index contributed by atoms with van der Waals surface area (Å²) in [6, 6.07) is 0.369. The number of piperidine rings is 1. The van der Waals surface area contributed by atoms with Gasteiger partial charge in [0.25, 0.3) is 0 Å². The van der Waals surface area contributed by atoms with Crippen LogP contribution in [0.5, 0.6) is 0 Å². The second-order valence-corrected chi connectivity index (χ2v) is 6.87. The van der Waals surface area contributed by atoms with E-state index in [0.29, 0.717) is 31.4 Å². The van der Waals surface area contributed by atoms with Gasteiger partial charge in [-0.3, -0.25) is 0 Å². The molecule has 1 aliphatic heterocycles. The lowest BCUT2D eigenvalue weighted by Gasteiger charge is -2.34. The predicted octanol–water partition coefficient (Wildman–Crippen LogP) is 2.42. The van der Waals surface area contributed by atoms with E-state index >= 15 is 0 Å². The molecule has 9 heteroatoms. The Morgan fingerprint density at radius 3 is 2.32 bits per heavy atom. The molecule has 1 aromatic carbocycles. The molecular weight excluding hydrogens is 341 g/mol. The zero-order valence-electron chi connectivity index (χ0n) is 11.8. The summed E-state index contributed by atoms with van der Waals surface area (Å²) in [5.74, 6) is -3.98. The Labute approximate surface area is 133 Å². The first-order chi connectivity index (χ1) is 9.87. The largest absolute Gasteiger partial charge is 0.330 e. The van der Waals surface area contributed by atoms with E-state index in [1.54, 1.807) is 0 Å². The normalized spacial score (nSPS) is 19.7. The number of hydrogen-bond acceptors (Lipinski definition) is 3. The van der Waals surface area contributed by atoms with E-state index in [2.05, 4.69) is 0 Å². The highest BCUT2D eigenvalue weighted by molar-refractivity contribution is 7.89. The standard InChI is InChI=1S/C13H17F3N2O2S.ClH/c14-9-7-11(15)13(12(16)8-9)21(19,20)18-6-2-1-3-10(18)4-5-17;/h7-8,10H,1-6,17H2;1H. The van der Waals surface area contributed by atoms with Crippen molar-refractivity contribution in [2.24, 2.45) is 5.73 Å². The number of halogens is 4. The molecule has 1 unspecified atom stereocenters. The zero-order valence-corrected chi connectivity index (χ0v) is 13.4. The third-order valence-electron chi connectivity index (χ3n) is 3.60. The van der Waals surface area contributed by atoms with Crippen LogP contribution in [0.15, 0.2) is 17.0 Å². The van der Waals surface area contributed by atoms with Gasteiger partial charge >= 0.3 is 0 Å². The molecule has 1 atom stereocenters. The Kier molecular flexibility index (Phi) is 6.66. The first kappa shape index (κ1) is 19.2. The summed E-state index contributed by atoms with van der Waals surface area (Å²) >= 11 is 0. The molecule has 2 N–H and O–H groups in total. The molecule has 4 nitrogen and oxygen atoms in total. The van der Waals surface area contributed by atoms with Crippen molar-refractivity contribution in [2.45, 2.75) is 36.6 Å². The van der Waals surface area contributed by atoms with Crippen molar-refractivity contribution in [1.29, 1.82) is 0 Å². The second kappa shape index (κ2) is 7.63. The SMILES string of the molecule is Cl.NCCC1CCCCN1S(=O)(=O)c1c(F)cc(F)cc1F. The maximum Gasteiger partial charge on any atom is 0.249 e. The van der Waals surface area contributed by atoms with E-state index in [4.69, 9.17) is 5.73 Å². The fourth-order valence-corrected chi connectivity index (χ4v) is 4.48. The average molecular weight is 359 g/mol. The van der Waals surface area contributed by atoms with Crippen LogP contribution in [-0.2, 0) is 10.0 Å². The molecule has 1 aliphatic rings. The van der Waals surface area contributed by atoms with E-state index in [-0.39, 0.29) is 31.5 Å². The molecule has 0 spiro atoms. The lowest BCUT2D eigenvalue weighted by molar-refractivity contribution is 0.241. The minimum atomic E-state index is -4.35. The summed E-state index contributed by atoms with van der Waals surface area (Å²) in [6.45, 7) is 0.467. The van der Waals surface area contributed by atoms with Gasteiger partial charge in [-0.2, -0.15) is 4.31 Å². The molecule has 0 radical (unpaired) electrons. The van der Waals surface area contributed by atoms with Crippen LogP contribution >= 0.6 is 12.4 Å². The van der Waals surface area contributed by atoms with E-state index in [0.717, 1.165) is 10.7 Å². The first-order valence-corrected chi connectivity index (χ1v) is 8.18. The van der Waals surface area contributed by atoms with Crippen LogP contribution in [-0.4, -0.2) is 31.9 Å². The summed E-state index contributed by atoms with van der Waals surface area (Å²) in [4.78, 5) is -1.09. The molecule has 1 heterocycles. The van der Waals surface area contributed by atoms with Crippen molar-refractivity contribution in [1.82, 2.24) is 4.31 Å². The maximum absolute atomic E-state index is 13.8. The number of hydrogen-bond donors (Lipinski definition) is 1. The van der Waals surface area contributed by atoms with Gasteiger partial charge in [-0.05, 0) is 25.8 Å². The molecular formula is C13H18ClF3N2O2S. The van der Waals surface area contributed by atoms with E-state index < -0.39 is 32.4 Å². The highest BCUT2D eigenvalue weighted by Gasteiger charge is 2.36. The zero-order chi connectivity index (χ0) is 15.6. The number of sulfonamides is 1. The second-order valence-electron chi connectivity index (χ2n) is 5.04. The topological polar surface area (TPSA) is 63.4 Å². The molecule has 1 fully saturated rings. The summed E-state index contributed by atoms with van der Waals surface area (Å²) in [6.07, 6.45) is 2.47. The van der Waals surface area contributed by atoms with E-state index in [1.807, 2.05) is 0 Å². The van der Waals surface area contributed by atoms with E-state index in [1.165, 1.54) is 0 Å². The summed E-state index contributed by atoms with van der Waals surface area (Å²) in [7, 11) is -4.35. The van der Waals surface area contributed by atoms with Crippen molar-refractivity contribution in [3.8, 4) is 0 Å². The number of benzene rings is 1. The molecule has 1 aromatic rings. The van der Waals surface area contributed by atoms with Gasteiger partial charge in [-0.1, -0.05) is 6.42 Å². The number of nitrogens with two attached hydrogens (primary N) is 1. The Bertz CT molecular complexity index is 603. The summed E-state index contributed by atoms with van der Waals surface area (Å²) < 4.78 is 66.6. The Balaban J connectivity index is 0.00000242. The smallest absolute Gasteiger partial charge is 0.249 e. The highest BCUT2D eigenvalue weighted by Crippen LogP contribution is 2.30. The molecule has 22 heavy (non-hydrogen) atoms. The van der Waals surface area contributed by atoms with Crippen LogP contribution < -0.4 is 5.73 Å². The van der Waals surface area contributed by atoms with Crippen LogP contribution in [0.3, 0.4) is 0 Å². The lowest BCUT2D eigenvalue weighted by atomic mass is 10.0. The quantitative estimate of drug-likeness (QED) is 0.899. The first-order valence-electron chi connectivity index (χ1n) is 6.74. The van der Waals surface area contributed by atoms with Crippen LogP contribution in [0.1, 0.15) is 25.7 Å². The summed E-state index contributed by atoms with van der Waals surface area (Å²) in [5, 5.41) is 0. The van der Waals surface area contributed by atoms with Crippen molar-refractivity contribution < 1.29 is 21.6 Å². The fraction of sp³-hybridized carbons (Fsp3) is 0.538. The third kappa shape index (κ3) is 3.73.